The number of carbonyl (C=O) groups is 1. The summed E-state index contributed by atoms with van der Waals surface area (Å²) in [5.74, 6) is 1.76. The molecule has 0 spiro atoms. The zero-order valence-electron chi connectivity index (χ0n) is 16.7. The molecule has 27 heavy (non-hydrogen) atoms. The predicted octanol–water partition coefficient (Wildman–Crippen LogP) is 3.46. The Balaban J connectivity index is 1.39. The highest BCUT2D eigenvalue weighted by molar-refractivity contribution is 14.1. The minimum Gasteiger partial charge on any atom is -0.444 e. The Morgan fingerprint density at radius 1 is 1.15 bits per heavy atom. The fraction of sp³-hybridized carbons (Fsp3) is 0.700. The largest absolute Gasteiger partial charge is 0.444 e. The first-order chi connectivity index (χ1) is 12.8. The topological polar surface area (TPSA) is 48.9 Å². The standard InChI is InChI=1S/C20H31IN4O2/c1-20(2,3)27-19(26)25-8-6-16(7-9-25)15-23-10-12-24(13-11-23)18-5-4-17(21)14-22-18/h4-5,14,16H,6-13,15H2,1-3H3. The molecule has 7 heteroatoms. The molecule has 0 aromatic carbocycles. The van der Waals surface area contributed by atoms with E-state index < -0.39 is 5.60 Å². The smallest absolute Gasteiger partial charge is 0.410 e. The Labute approximate surface area is 176 Å². The van der Waals surface area contributed by atoms with E-state index in [1.165, 1.54) is 3.57 Å². The number of pyridine rings is 1. The molecule has 150 valence electrons. The Morgan fingerprint density at radius 2 is 1.81 bits per heavy atom. The molecule has 6 nitrogen and oxygen atoms in total. The summed E-state index contributed by atoms with van der Waals surface area (Å²) in [6.45, 7) is 12.7. The maximum absolute atomic E-state index is 12.2. The van der Waals surface area contributed by atoms with Crippen molar-refractivity contribution in [3.05, 3.63) is 21.9 Å². The Kier molecular flexibility index (Phi) is 6.83. The summed E-state index contributed by atoms with van der Waals surface area (Å²) in [6.07, 6.45) is 3.90. The van der Waals surface area contributed by atoms with Gasteiger partial charge in [-0.15, -0.1) is 0 Å². The van der Waals surface area contributed by atoms with E-state index in [0.29, 0.717) is 5.92 Å². The molecule has 0 aliphatic carbocycles. The lowest BCUT2D eigenvalue weighted by Crippen LogP contribution is -2.49. The summed E-state index contributed by atoms with van der Waals surface area (Å²) in [7, 11) is 0. The lowest BCUT2D eigenvalue weighted by atomic mass is 9.96. The van der Waals surface area contributed by atoms with Crippen molar-refractivity contribution in [3.8, 4) is 0 Å². The molecule has 0 bridgehead atoms. The van der Waals surface area contributed by atoms with Gasteiger partial charge in [-0.1, -0.05) is 0 Å². The second-order valence-electron chi connectivity index (χ2n) is 8.53. The van der Waals surface area contributed by atoms with Gasteiger partial charge in [-0.3, -0.25) is 4.90 Å². The number of likely N-dealkylation sites (tertiary alicyclic amines) is 1. The fourth-order valence-electron chi connectivity index (χ4n) is 3.70. The van der Waals surface area contributed by atoms with Crippen LogP contribution < -0.4 is 4.90 Å². The van der Waals surface area contributed by atoms with Crippen LogP contribution in [0.3, 0.4) is 0 Å². The van der Waals surface area contributed by atoms with E-state index in [1.807, 2.05) is 31.9 Å². The number of halogens is 1. The van der Waals surface area contributed by atoms with E-state index >= 15 is 0 Å². The monoisotopic (exact) mass is 486 g/mol. The molecule has 3 rings (SSSR count). The SMILES string of the molecule is CC(C)(C)OC(=O)N1CCC(CN2CCN(c3ccc(I)cn3)CC2)CC1. The lowest BCUT2D eigenvalue weighted by Gasteiger charge is -2.39. The van der Waals surface area contributed by atoms with Gasteiger partial charge in [-0.25, -0.2) is 9.78 Å². The van der Waals surface area contributed by atoms with E-state index in [1.54, 1.807) is 0 Å². The van der Waals surface area contributed by atoms with Crippen LogP contribution in [-0.4, -0.2) is 72.3 Å². The lowest BCUT2D eigenvalue weighted by molar-refractivity contribution is 0.0169. The van der Waals surface area contributed by atoms with Crippen LogP contribution in [0.25, 0.3) is 0 Å². The minimum atomic E-state index is -0.417. The van der Waals surface area contributed by atoms with Crippen LogP contribution in [0.15, 0.2) is 18.3 Å². The maximum Gasteiger partial charge on any atom is 0.410 e. The minimum absolute atomic E-state index is 0.167. The summed E-state index contributed by atoms with van der Waals surface area (Å²) in [5, 5.41) is 0. The van der Waals surface area contributed by atoms with Gasteiger partial charge in [0.05, 0.1) is 0 Å². The average molecular weight is 486 g/mol. The van der Waals surface area contributed by atoms with Crippen LogP contribution in [0.4, 0.5) is 10.6 Å². The first-order valence-corrected chi connectivity index (χ1v) is 10.9. The molecule has 0 unspecified atom stereocenters. The first-order valence-electron chi connectivity index (χ1n) is 9.87. The second kappa shape index (κ2) is 8.94. The molecule has 1 aromatic rings. The van der Waals surface area contributed by atoms with E-state index in [2.05, 4.69) is 49.5 Å². The quantitative estimate of drug-likeness (QED) is 0.613. The highest BCUT2D eigenvalue weighted by Crippen LogP contribution is 2.22. The zero-order valence-corrected chi connectivity index (χ0v) is 18.8. The highest BCUT2D eigenvalue weighted by Gasteiger charge is 2.28. The number of anilines is 1. The number of amides is 1. The number of nitrogens with zero attached hydrogens (tertiary/aromatic N) is 4. The van der Waals surface area contributed by atoms with Crippen molar-refractivity contribution in [3.63, 3.8) is 0 Å². The van der Waals surface area contributed by atoms with Crippen LogP contribution in [0, 0.1) is 9.49 Å². The van der Waals surface area contributed by atoms with E-state index in [9.17, 15) is 4.79 Å². The molecule has 1 amide bonds. The number of ether oxygens (including phenoxy) is 1. The van der Waals surface area contributed by atoms with Crippen LogP contribution in [0.5, 0.6) is 0 Å². The van der Waals surface area contributed by atoms with Gasteiger partial charge in [0.2, 0.25) is 0 Å². The van der Waals surface area contributed by atoms with Gasteiger partial charge in [0.25, 0.3) is 0 Å². The third-order valence-corrected chi connectivity index (χ3v) is 5.83. The number of hydrogen-bond donors (Lipinski definition) is 0. The van der Waals surface area contributed by atoms with Crippen LogP contribution >= 0.6 is 22.6 Å². The van der Waals surface area contributed by atoms with Crippen molar-refractivity contribution >= 4 is 34.5 Å². The van der Waals surface area contributed by atoms with Gasteiger partial charge in [-0.2, -0.15) is 0 Å². The van der Waals surface area contributed by atoms with E-state index in [0.717, 1.165) is 64.5 Å². The van der Waals surface area contributed by atoms with Gasteiger partial charge >= 0.3 is 6.09 Å². The number of rotatable bonds is 3. The summed E-state index contributed by atoms with van der Waals surface area (Å²) in [4.78, 5) is 23.5. The Hall–Kier alpha value is -1.09. The van der Waals surface area contributed by atoms with Gasteiger partial charge in [0, 0.05) is 55.6 Å². The fourth-order valence-corrected chi connectivity index (χ4v) is 4.02. The number of aromatic nitrogens is 1. The summed E-state index contributed by atoms with van der Waals surface area (Å²) >= 11 is 2.29. The highest BCUT2D eigenvalue weighted by atomic mass is 127. The first kappa shape index (κ1) is 20.6. The molecule has 0 saturated carbocycles. The van der Waals surface area contributed by atoms with Gasteiger partial charge in [-0.05, 0) is 74.3 Å². The van der Waals surface area contributed by atoms with Gasteiger partial charge in [0.1, 0.15) is 11.4 Å². The number of carbonyl (C=O) groups excluding carboxylic acids is 1. The van der Waals surface area contributed by atoms with E-state index in [-0.39, 0.29) is 6.09 Å². The number of hydrogen-bond acceptors (Lipinski definition) is 5. The Bertz CT molecular complexity index is 616. The molecule has 2 aliphatic rings. The summed E-state index contributed by atoms with van der Waals surface area (Å²) < 4.78 is 6.66. The molecule has 2 saturated heterocycles. The summed E-state index contributed by atoms with van der Waals surface area (Å²) in [5.41, 5.74) is -0.417. The molecular formula is C20H31IN4O2. The van der Waals surface area contributed by atoms with E-state index in [4.69, 9.17) is 4.74 Å². The molecule has 2 aliphatic heterocycles. The molecule has 0 N–H and O–H groups in total. The third kappa shape index (κ3) is 6.20. The molecule has 2 fully saturated rings. The van der Waals surface area contributed by atoms with Crippen molar-refractivity contribution in [2.45, 2.75) is 39.2 Å². The van der Waals surface area contributed by atoms with Crippen molar-refractivity contribution < 1.29 is 9.53 Å². The van der Waals surface area contributed by atoms with Crippen LogP contribution in [0.2, 0.25) is 0 Å². The van der Waals surface area contributed by atoms with Crippen molar-refractivity contribution in [1.29, 1.82) is 0 Å². The maximum atomic E-state index is 12.2. The molecule has 3 heterocycles. The third-order valence-electron chi connectivity index (χ3n) is 5.19. The zero-order chi connectivity index (χ0) is 19.4. The van der Waals surface area contributed by atoms with Crippen LogP contribution in [0.1, 0.15) is 33.6 Å². The van der Waals surface area contributed by atoms with Gasteiger partial charge in [0.15, 0.2) is 0 Å². The number of piperazine rings is 1. The normalized spacial score (nSPS) is 20.0. The molecule has 0 radical (unpaired) electrons. The molecule has 0 atom stereocenters. The van der Waals surface area contributed by atoms with Crippen molar-refractivity contribution in [1.82, 2.24) is 14.8 Å². The van der Waals surface area contributed by atoms with Gasteiger partial charge < -0.3 is 14.5 Å². The predicted molar refractivity (Wildman–Crippen MR) is 116 cm³/mol. The second-order valence-corrected chi connectivity index (χ2v) is 9.78. The average Bonchev–Trinajstić information content (AvgIpc) is 2.62. The van der Waals surface area contributed by atoms with Crippen molar-refractivity contribution in [2.24, 2.45) is 5.92 Å². The Morgan fingerprint density at radius 3 is 2.37 bits per heavy atom. The van der Waals surface area contributed by atoms with Crippen LogP contribution in [-0.2, 0) is 4.74 Å². The number of piperidine rings is 1. The molecule has 1 aromatic heterocycles. The van der Waals surface area contributed by atoms with Crippen molar-refractivity contribution in [2.75, 3.05) is 50.7 Å². The summed E-state index contributed by atoms with van der Waals surface area (Å²) in [6, 6.07) is 4.23. The molecular weight excluding hydrogens is 455 g/mol.